The first-order valence-corrected chi connectivity index (χ1v) is 9.82. The maximum absolute atomic E-state index is 12.9. The van der Waals surface area contributed by atoms with Crippen molar-refractivity contribution in [3.63, 3.8) is 0 Å². The normalized spacial score (nSPS) is 18.0. The van der Waals surface area contributed by atoms with E-state index in [-0.39, 0.29) is 24.3 Å². The number of carbonyl (C=O) groups is 2. The molecule has 0 unspecified atom stereocenters. The van der Waals surface area contributed by atoms with Gasteiger partial charge in [0.1, 0.15) is 0 Å². The van der Waals surface area contributed by atoms with E-state index < -0.39 is 0 Å². The van der Waals surface area contributed by atoms with E-state index in [0.29, 0.717) is 30.6 Å². The predicted octanol–water partition coefficient (Wildman–Crippen LogP) is 2.93. The second kappa shape index (κ2) is 9.93. The first kappa shape index (κ1) is 20.7. The zero-order chi connectivity index (χ0) is 19.1. The van der Waals surface area contributed by atoms with Gasteiger partial charge in [-0.05, 0) is 30.0 Å². The van der Waals surface area contributed by atoms with Crippen LogP contribution in [0.2, 0.25) is 5.02 Å². The van der Waals surface area contributed by atoms with Crippen molar-refractivity contribution in [2.75, 3.05) is 26.2 Å². The van der Waals surface area contributed by atoms with E-state index in [1.807, 2.05) is 29.2 Å². The van der Waals surface area contributed by atoms with Gasteiger partial charge >= 0.3 is 0 Å². The summed E-state index contributed by atoms with van der Waals surface area (Å²) in [5, 5.41) is 3.59. The summed E-state index contributed by atoms with van der Waals surface area (Å²) in [6.45, 7) is 9.83. The molecule has 1 heterocycles. The molecular formula is C20H30ClN3O2. The second-order valence-electron chi connectivity index (χ2n) is 7.34. The highest BCUT2D eigenvalue weighted by Crippen LogP contribution is 2.16. The molecule has 6 heteroatoms. The maximum atomic E-state index is 12.9. The maximum Gasteiger partial charge on any atom is 0.237 e. The van der Waals surface area contributed by atoms with Gasteiger partial charge < -0.3 is 10.2 Å². The van der Waals surface area contributed by atoms with Crippen molar-refractivity contribution in [3.05, 3.63) is 34.9 Å². The topological polar surface area (TPSA) is 52.7 Å². The lowest BCUT2D eigenvalue weighted by atomic mass is 10.0. The molecule has 26 heavy (non-hydrogen) atoms. The molecule has 144 valence electrons. The number of hydrogen-bond donors (Lipinski definition) is 1. The number of amides is 2. The summed E-state index contributed by atoms with van der Waals surface area (Å²) in [5.74, 6) is 0.449. The number of halogens is 1. The van der Waals surface area contributed by atoms with Gasteiger partial charge in [-0.2, -0.15) is 0 Å². The number of hydrogen-bond acceptors (Lipinski definition) is 3. The second-order valence-corrected chi connectivity index (χ2v) is 7.78. The molecule has 1 aromatic carbocycles. The molecule has 0 bridgehead atoms. The molecule has 1 aromatic rings. The molecule has 5 nitrogen and oxygen atoms in total. The van der Waals surface area contributed by atoms with Gasteiger partial charge in [-0.25, -0.2) is 0 Å². The number of nitrogens with one attached hydrogen (secondary N) is 1. The summed E-state index contributed by atoms with van der Waals surface area (Å²) in [5.41, 5.74) is 1.04. The molecule has 0 aromatic heterocycles. The van der Waals surface area contributed by atoms with Gasteiger partial charge in [0.15, 0.2) is 0 Å². The van der Waals surface area contributed by atoms with E-state index >= 15 is 0 Å². The van der Waals surface area contributed by atoms with Crippen LogP contribution in [0.3, 0.4) is 0 Å². The molecule has 2 rings (SSSR count). The SMILES string of the molecule is CCCN(Cc1ccc(Cl)cc1)C(=O)C[C@@H]1C(=O)NCCN1CC(C)C. The van der Waals surface area contributed by atoms with Crippen LogP contribution in [-0.4, -0.2) is 53.8 Å². The van der Waals surface area contributed by atoms with E-state index in [1.165, 1.54) is 0 Å². The summed E-state index contributed by atoms with van der Waals surface area (Å²) in [7, 11) is 0. The average molecular weight is 380 g/mol. The van der Waals surface area contributed by atoms with Gasteiger partial charge in [0, 0.05) is 37.7 Å². The van der Waals surface area contributed by atoms with E-state index in [2.05, 4.69) is 31.0 Å². The molecule has 1 fully saturated rings. The lowest BCUT2D eigenvalue weighted by molar-refractivity contribution is -0.139. The van der Waals surface area contributed by atoms with Crippen molar-refractivity contribution < 1.29 is 9.59 Å². The fraction of sp³-hybridized carbons (Fsp3) is 0.600. The third kappa shape index (κ3) is 5.99. The Hall–Kier alpha value is -1.59. The summed E-state index contributed by atoms with van der Waals surface area (Å²) in [6, 6.07) is 7.19. The molecule has 0 saturated carbocycles. The highest BCUT2D eigenvalue weighted by atomic mass is 35.5. The van der Waals surface area contributed by atoms with E-state index in [9.17, 15) is 9.59 Å². The van der Waals surface area contributed by atoms with Crippen LogP contribution in [-0.2, 0) is 16.1 Å². The summed E-state index contributed by atoms with van der Waals surface area (Å²) in [6.07, 6.45) is 1.11. The quantitative estimate of drug-likeness (QED) is 0.755. The number of nitrogens with zero attached hydrogens (tertiary/aromatic N) is 2. The summed E-state index contributed by atoms with van der Waals surface area (Å²) >= 11 is 5.94. The Labute approximate surface area is 161 Å². The van der Waals surface area contributed by atoms with E-state index in [1.54, 1.807) is 0 Å². The van der Waals surface area contributed by atoms with Crippen LogP contribution < -0.4 is 5.32 Å². The van der Waals surface area contributed by atoms with Gasteiger partial charge in [-0.15, -0.1) is 0 Å². The molecule has 1 N–H and O–H groups in total. The smallest absolute Gasteiger partial charge is 0.237 e. The lowest BCUT2D eigenvalue weighted by Crippen LogP contribution is -2.57. The van der Waals surface area contributed by atoms with Crippen molar-refractivity contribution in [2.45, 2.75) is 46.2 Å². The molecule has 1 aliphatic heterocycles. The number of piperazine rings is 1. The Kier molecular flexibility index (Phi) is 7.91. The van der Waals surface area contributed by atoms with Crippen LogP contribution in [0, 0.1) is 5.92 Å². The average Bonchev–Trinajstić information content (AvgIpc) is 2.59. The van der Waals surface area contributed by atoms with E-state index in [0.717, 1.165) is 25.1 Å². The minimum Gasteiger partial charge on any atom is -0.353 e. The molecule has 1 atom stereocenters. The first-order valence-electron chi connectivity index (χ1n) is 9.44. The molecule has 1 aliphatic rings. The van der Waals surface area contributed by atoms with Gasteiger partial charge in [0.2, 0.25) is 11.8 Å². The van der Waals surface area contributed by atoms with Crippen molar-refractivity contribution in [3.8, 4) is 0 Å². The largest absolute Gasteiger partial charge is 0.353 e. The molecule has 0 aliphatic carbocycles. The lowest BCUT2D eigenvalue weighted by Gasteiger charge is -2.36. The van der Waals surface area contributed by atoms with Crippen LogP contribution in [0.15, 0.2) is 24.3 Å². The number of benzene rings is 1. The van der Waals surface area contributed by atoms with Gasteiger partial charge in [-0.1, -0.05) is 44.5 Å². The van der Waals surface area contributed by atoms with E-state index in [4.69, 9.17) is 11.6 Å². The van der Waals surface area contributed by atoms with Gasteiger partial charge in [-0.3, -0.25) is 14.5 Å². The van der Waals surface area contributed by atoms with Crippen LogP contribution in [0.4, 0.5) is 0 Å². The standard InChI is InChI=1S/C20H30ClN3O2/c1-4-10-24(14-16-5-7-17(21)8-6-16)19(25)12-18-20(26)22-9-11-23(18)13-15(2)3/h5-8,15,18H,4,9-14H2,1-3H3,(H,22,26)/t18-/m1/s1. The molecule has 0 spiro atoms. The summed E-state index contributed by atoms with van der Waals surface area (Å²) < 4.78 is 0. The van der Waals surface area contributed by atoms with Crippen molar-refractivity contribution in [1.82, 2.24) is 15.1 Å². The third-order valence-corrected chi connectivity index (χ3v) is 4.79. The van der Waals surface area contributed by atoms with Crippen molar-refractivity contribution in [2.24, 2.45) is 5.92 Å². The monoisotopic (exact) mass is 379 g/mol. The van der Waals surface area contributed by atoms with Crippen LogP contribution in [0.1, 0.15) is 39.2 Å². The van der Waals surface area contributed by atoms with Crippen LogP contribution in [0.25, 0.3) is 0 Å². The highest BCUT2D eigenvalue weighted by molar-refractivity contribution is 6.30. The van der Waals surface area contributed by atoms with Crippen molar-refractivity contribution >= 4 is 23.4 Å². The number of carbonyl (C=O) groups excluding carboxylic acids is 2. The third-order valence-electron chi connectivity index (χ3n) is 4.54. The Bertz CT molecular complexity index is 604. The summed E-state index contributed by atoms with van der Waals surface area (Å²) in [4.78, 5) is 29.3. The Morgan fingerprint density at radius 1 is 1.35 bits per heavy atom. The van der Waals surface area contributed by atoms with Crippen LogP contribution >= 0.6 is 11.6 Å². The van der Waals surface area contributed by atoms with Crippen LogP contribution in [0.5, 0.6) is 0 Å². The molecular weight excluding hydrogens is 350 g/mol. The minimum absolute atomic E-state index is 0.0256. The zero-order valence-electron chi connectivity index (χ0n) is 16.0. The fourth-order valence-electron chi connectivity index (χ4n) is 3.34. The Balaban J connectivity index is 2.06. The zero-order valence-corrected chi connectivity index (χ0v) is 16.8. The van der Waals surface area contributed by atoms with Crippen molar-refractivity contribution in [1.29, 1.82) is 0 Å². The van der Waals surface area contributed by atoms with Gasteiger partial charge in [0.05, 0.1) is 12.5 Å². The minimum atomic E-state index is -0.372. The molecule has 1 saturated heterocycles. The first-order chi connectivity index (χ1) is 12.4. The highest BCUT2D eigenvalue weighted by Gasteiger charge is 2.33. The molecule has 0 radical (unpaired) electrons. The Morgan fingerprint density at radius 2 is 2.04 bits per heavy atom. The fourth-order valence-corrected chi connectivity index (χ4v) is 3.46. The molecule has 2 amide bonds. The van der Waals surface area contributed by atoms with Gasteiger partial charge in [0.25, 0.3) is 0 Å². The predicted molar refractivity (Wildman–Crippen MR) is 105 cm³/mol. The Morgan fingerprint density at radius 3 is 2.65 bits per heavy atom. The number of rotatable bonds is 8.